The number of ether oxygens (including phenoxy) is 3. The summed E-state index contributed by atoms with van der Waals surface area (Å²) in [5, 5.41) is -0.0000302. The number of hydrogen-bond donors (Lipinski definition) is 1. The molecule has 1 N–H and O–H groups in total. The normalized spacial score (nSPS) is 17.6. The Morgan fingerprint density at radius 2 is 1.79 bits per heavy atom. The Hall–Kier alpha value is -3.04. The summed E-state index contributed by atoms with van der Waals surface area (Å²) in [4.78, 5) is 3.96. The van der Waals surface area contributed by atoms with E-state index in [2.05, 4.69) is 9.71 Å². The molecule has 0 bridgehead atoms. The molecule has 1 unspecified atom stereocenters. The second-order valence-corrected chi connectivity index (χ2v) is 8.67. The van der Waals surface area contributed by atoms with Gasteiger partial charge in [0.15, 0.2) is 16.5 Å². The second-order valence-electron chi connectivity index (χ2n) is 7.01. The summed E-state index contributed by atoms with van der Waals surface area (Å²) in [6.07, 6.45) is 3.47. The van der Waals surface area contributed by atoms with Gasteiger partial charge in [0.2, 0.25) is 6.79 Å². The van der Waals surface area contributed by atoms with E-state index in [-0.39, 0.29) is 11.8 Å². The van der Waals surface area contributed by atoms with Crippen LogP contribution in [-0.4, -0.2) is 31.4 Å². The lowest BCUT2D eigenvalue weighted by molar-refractivity contribution is 0.174. The fourth-order valence-corrected chi connectivity index (χ4v) is 4.78. The monoisotopic (exact) mass is 413 g/mol. The van der Waals surface area contributed by atoms with Crippen molar-refractivity contribution in [3.05, 3.63) is 54.5 Å². The molecule has 8 nitrogen and oxygen atoms in total. The van der Waals surface area contributed by atoms with Gasteiger partial charge in [-0.2, -0.15) is 0 Å². The summed E-state index contributed by atoms with van der Waals surface area (Å²) >= 11 is 0. The average Bonchev–Trinajstić information content (AvgIpc) is 3.36. The van der Waals surface area contributed by atoms with E-state index in [4.69, 9.17) is 14.2 Å². The Kier molecular flexibility index (Phi) is 4.21. The van der Waals surface area contributed by atoms with Gasteiger partial charge in [0.25, 0.3) is 10.0 Å². The van der Waals surface area contributed by atoms with Gasteiger partial charge < -0.3 is 18.8 Å². The third-order valence-electron chi connectivity index (χ3n) is 5.01. The molecule has 29 heavy (non-hydrogen) atoms. The zero-order valence-electron chi connectivity index (χ0n) is 15.7. The van der Waals surface area contributed by atoms with Crippen molar-refractivity contribution >= 4 is 10.0 Å². The van der Waals surface area contributed by atoms with E-state index in [9.17, 15) is 8.42 Å². The Balaban J connectivity index is 1.48. The van der Waals surface area contributed by atoms with Gasteiger partial charge in [-0.05, 0) is 35.4 Å². The smallest absolute Gasteiger partial charge is 0.260 e. The molecule has 0 amide bonds. The quantitative estimate of drug-likeness (QED) is 0.707. The number of sulfonamides is 1. The topological polar surface area (TPSA) is 91.7 Å². The third kappa shape index (κ3) is 3.32. The number of hydrogen-bond acceptors (Lipinski definition) is 6. The van der Waals surface area contributed by atoms with Crippen molar-refractivity contribution < 1.29 is 22.6 Å². The molecule has 2 aliphatic heterocycles. The molecule has 2 aromatic carbocycles. The van der Waals surface area contributed by atoms with E-state index >= 15 is 0 Å². The van der Waals surface area contributed by atoms with Gasteiger partial charge in [-0.25, -0.2) is 18.1 Å². The summed E-state index contributed by atoms with van der Waals surface area (Å²) in [5.74, 6) is 2.09. The highest BCUT2D eigenvalue weighted by molar-refractivity contribution is 7.89. The molecule has 3 heterocycles. The SMILES string of the molecule is Cn1cnc(S(=O)(=O)NC2CCOc3ccc(-c4ccc5c(c4)OCO5)cc32)c1. The zero-order chi connectivity index (χ0) is 20.0. The van der Waals surface area contributed by atoms with Crippen LogP contribution in [0.4, 0.5) is 0 Å². The van der Waals surface area contributed by atoms with E-state index in [0.717, 1.165) is 22.4 Å². The number of nitrogens with zero attached hydrogens (tertiary/aromatic N) is 2. The highest BCUT2D eigenvalue weighted by Gasteiger charge is 2.28. The summed E-state index contributed by atoms with van der Waals surface area (Å²) in [6, 6.07) is 11.1. The lowest BCUT2D eigenvalue weighted by Gasteiger charge is -2.27. The van der Waals surface area contributed by atoms with Crippen molar-refractivity contribution in [1.29, 1.82) is 0 Å². The highest BCUT2D eigenvalue weighted by atomic mass is 32.2. The van der Waals surface area contributed by atoms with E-state index in [0.29, 0.717) is 24.5 Å². The minimum absolute atomic E-state index is 0.0000302. The fourth-order valence-electron chi connectivity index (χ4n) is 3.55. The maximum absolute atomic E-state index is 12.7. The van der Waals surface area contributed by atoms with Crippen LogP contribution in [0.1, 0.15) is 18.0 Å². The molecule has 5 rings (SSSR count). The minimum atomic E-state index is -3.74. The molecule has 9 heteroatoms. The van der Waals surface area contributed by atoms with E-state index in [1.54, 1.807) is 11.6 Å². The van der Waals surface area contributed by atoms with E-state index in [1.165, 1.54) is 12.5 Å². The highest BCUT2D eigenvalue weighted by Crippen LogP contribution is 2.39. The zero-order valence-corrected chi connectivity index (χ0v) is 16.5. The summed E-state index contributed by atoms with van der Waals surface area (Å²) in [5.41, 5.74) is 2.69. The first-order valence-corrected chi connectivity index (χ1v) is 10.6. The first kappa shape index (κ1) is 18.0. The largest absolute Gasteiger partial charge is 0.493 e. The van der Waals surface area contributed by atoms with Gasteiger partial charge >= 0.3 is 0 Å². The van der Waals surface area contributed by atoms with Gasteiger partial charge in [-0.15, -0.1) is 0 Å². The van der Waals surface area contributed by atoms with Crippen LogP contribution < -0.4 is 18.9 Å². The number of imidazole rings is 1. The van der Waals surface area contributed by atoms with Crippen molar-refractivity contribution in [1.82, 2.24) is 14.3 Å². The molecule has 0 spiro atoms. The number of rotatable bonds is 4. The van der Waals surface area contributed by atoms with Gasteiger partial charge in [-0.3, -0.25) is 0 Å². The number of aryl methyl sites for hydroxylation is 1. The molecule has 0 saturated carbocycles. The van der Waals surface area contributed by atoms with Crippen molar-refractivity contribution in [2.45, 2.75) is 17.5 Å². The van der Waals surface area contributed by atoms with Crippen LogP contribution in [0.15, 0.2) is 53.9 Å². The summed E-state index contributed by atoms with van der Waals surface area (Å²) < 4.78 is 46.4. The molecule has 0 saturated heterocycles. The fraction of sp³-hybridized carbons (Fsp3) is 0.250. The molecule has 2 aliphatic rings. The second kappa shape index (κ2) is 6.78. The van der Waals surface area contributed by atoms with Gasteiger partial charge in [0, 0.05) is 25.2 Å². The predicted octanol–water partition coefficient (Wildman–Crippen LogP) is 2.62. The van der Waals surface area contributed by atoms with Gasteiger partial charge in [0.1, 0.15) is 5.75 Å². The Bertz CT molecular complexity index is 1190. The molecule has 0 aliphatic carbocycles. The van der Waals surface area contributed by atoms with Crippen LogP contribution in [0.5, 0.6) is 17.2 Å². The van der Waals surface area contributed by atoms with E-state index in [1.807, 2.05) is 36.4 Å². The van der Waals surface area contributed by atoms with Crippen LogP contribution >= 0.6 is 0 Å². The number of fused-ring (bicyclic) bond motifs is 2. The van der Waals surface area contributed by atoms with Crippen molar-refractivity contribution in [3.8, 4) is 28.4 Å². The van der Waals surface area contributed by atoms with Crippen molar-refractivity contribution in [3.63, 3.8) is 0 Å². The van der Waals surface area contributed by atoms with Crippen LogP contribution in [0.3, 0.4) is 0 Å². The molecule has 1 aromatic heterocycles. The average molecular weight is 413 g/mol. The summed E-state index contributed by atoms with van der Waals surface area (Å²) in [6.45, 7) is 0.653. The first-order chi connectivity index (χ1) is 14.0. The predicted molar refractivity (Wildman–Crippen MR) is 104 cm³/mol. The van der Waals surface area contributed by atoms with Crippen LogP contribution in [0, 0.1) is 0 Å². The van der Waals surface area contributed by atoms with Gasteiger partial charge in [0.05, 0.1) is 19.0 Å². The molecular weight excluding hydrogens is 394 g/mol. The first-order valence-electron chi connectivity index (χ1n) is 9.17. The number of aromatic nitrogens is 2. The molecular formula is C20H19N3O5S. The van der Waals surface area contributed by atoms with Crippen LogP contribution in [0.2, 0.25) is 0 Å². The minimum Gasteiger partial charge on any atom is -0.493 e. The Morgan fingerprint density at radius 1 is 1.03 bits per heavy atom. The van der Waals surface area contributed by atoms with Crippen molar-refractivity contribution in [2.75, 3.05) is 13.4 Å². The maximum atomic E-state index is 12.7. The lowest BCUT2D eigenvalue weighted by Crippen LogP contribution is -2.32. The molecule has 0 fully saturated rings. The maximum Gasteiger partial charge on any atom is 0.260 e. The Labute approximate surface area is 168 Å². The van der Waals surface area contributed by atoms with Crippen LogP contribution in [0.25, 0.3) is 11.1 Å². The summed E-state index contributed by atoms with van der Waals surface area (Å²) in [7, 11) is -2.01. The number of benzene rings is 2. The third-order valence-corrected chi connectivity index (χ3v) is 6.37. The molecule has 1 atom stereocenters. The van der Waals surface area contributed by atoms with Crippen molar-refractivity contribution in [2.24, 2.45) is 7.05 Å². The van der Waals surface area contributed by atoms with Crippen LogP contribution in [-0.2, 0) is 17.1 Å². The molecule has 150 valence electrons. The number of nitrogens with one attached hydrogen (secondary N) is 1. The Morgan fingerprint density at radius 3 is 2.59 bits per heavy atom. The standard InChI is InChI=1S/C20H19N3O5S/c1-23-10-20(21-11-23)29(24,25)22-16-6-7-26-17-4-2-13(8-15(16)17)14-3-5-18-19(9-14)28-12-27-18/h2-5,8-11,16,22H,6-7,12H2,1H3. The van der Waals surface area contributed by atoms with E-state index < -0.39 is 16.1 Å². The molecule has 0 radical (unpaired) electrons. The molecule has 3 aromatic rings. The van der Waals surface area contributed by atoms with Gasteiger partial charge in [-0.1, -0.05) is 12.1 Å². The lowest BCUT2D eigenvalue weighted by atomic mass is 9.96.